The lowest BCUT2D eigenvalue weighted by Crippen LogP contribution is -2.13. The van der Waals surface area contributed by atoms with Crippen molar-refractivity contribution in [3.63, 3.8) is 0 Å². The summed E-state index contributed by atoms with van der Waals surface area (Å²) in [5, 5.41) is 3.39. The van der Waals surface area contributed by atoms with Crippen LogP contribution < -0.4 is 11.1 Å². The van der Waals surface area contributed by atoms with E-state index in [1.54, 1.807) is 25.1 Å². The Bertz CT molecular complexity index is 2030. The first-order valence-electron chi connectivity index (χ1n) is 14.1. The van der Waals surface area contributed by atoms with E-state index in [9.17, 15) is 8.42 Å². The van der Waals surface area contributed by atoms with Gasteiger partial charge in [0.1, 0.15) is 5.69 Å². The fraction of sp³-hybridized carbons (Fsp3) is 0.114. The topological polar surface area (TPSA) is 90.0 Å². The number of benzene rings is 4. The van der Waals surface area contributed by atoms with Crippen LogP contribution in [-0.4, -0.2) is 17.4 Å². The summed E-state index contributed by atoms with van der Waals surface area (Å²) in [6.45, 7) is 3.60. The van der Waals surface area contributed by atoms with Gasteiger partial charge in [-0.1, -0.05) is 78.4 Å². The van der Waals surface area contributed by atoms with Crippen molar-refractivity contribution in [3.8, 4) is 0 Å². The SMILES string of the molecule is Cc1ccc(S(=O)(=O)n2cc(C)c3c(Nc4c(F)c(Cc5ccccc5)c(N)c(Cc5ccccc5)c4F)ccnc32)cc1. The molecular weight excluding hydrogens is 578 g/mol. The molecule has 6 aromatic rings. The van der Waals surface area contributed by atoms with Crippen molar-refractivity contribution in [1.82, 2.24) is 8.96 Å². The molecule has 6 nitrogen and oxygen atoms in total. The van der Waals surface area contributed by atoms with Gasteiger partial charge >= 0.3 is 0 Å². The molecule has 2 heterocycles. The molecule has 0 saturated heterocycles. The van der Waals surface area contributed by atoms with E-state index >= 15 is 8.78 Å². The Kier molecular flexibility index (Phi) is 7.65. The molecule has 0 spiro atoms. The van der Waals surface area contributed by atoms with Crippen LogP contribution in [-0.2, 0) is 22.9 Å². The van der Waals surface area contributed by atoms with Gasteiger partial charge in [-0.2, -0.15) is 0 Å². The Hall–Kier alpha value is -5.02. The first kappa shape index (κ1) is 29.1. The van der Waals surface area contributed by atoms with Crippen molar-refractivity contribution >= 4 is 38.1 Å². The second-order valence-corrected chi connectivity index (χ2v) is 12.6. The zero-order chi connectivity index (χ0) is 31.0. The van der Waals surface area contributed by atoms with Crippen LogP contribution in [0.25, 0.3) is 11.0 Å². The number of nitrogens with zero attached hydrogens (tertiary/aromatic N) is 2. The molecule has 0 atom stereocenters. The molecule has 6 rings (SSSR count). The molecule has 2 aromatic heterocycles. The van der Waals surface area contributed by atoms with E-state index in [-0.39, 0.29) is 45.9 Å². The van der Waals surface area contributed by atoms with Crippen LogP contribution >= 0.6 is 0 Å². The summed E-state index contributed by atoms with van der Waals surface area (Å²) in [5.74, 6) is -1.62. The maximum atomic E-state index is 16.3. The minimum Gasteiger partial charge on any atom is -0.398 e. The molecule has 0 unspecified atom stereocenters. The fourth-order valence-electron chi connectivity index (χ4n) is 5.43. The molecule has 9 heteroatoms. The zero-order valence-electron chi connectivity index (χ0n) is 24.2. The van der Waals surface area contributed by atoms with Crippen LogP contribution in [0.1, 0.15) is 33.4 Å². The second-order valence-electron chi connectivity index (χ2n) is 10.8. The maximum absolute atomic E-state index is 16.3. The molecule has 0 amide bonds. The summed E-state index contributed by atoms with van der Waals surface area (Å²) in [5.41, 5.74) is 10.1. The van der Waals surface area contributed by atoms with Gasteiger partial charge < -0.3 is 11.1 Å². The average molecular weight is 609 g/mol. The molecule has 0 fully saturated rings. The highest BCUT2D eigenvalue weighted by Crippen LogP contribution is 2.38. The van der Waals surface area contributed by atoms with Crippen LogP contribution in [0.2, 0.25) is 0 Å². The minimum atomic E-state index is -3.99. The summed E-state index contributed by atoms with van der Waals surface area (Å²) in [6.07, 6.45) is 3.19. The van der Waals surface area contributed by atoms with Crippen LogP contribution in [0, 0.1) is 25.5 Å². The average Bonchev–Trinajstić information content (AvgIpc) is 3.39. The lowest BCUT2D eigenvalue weighted by Gasteiger charge is -2.20. The highest BCUT2D eigenvalue weighted by atomic mass is 32.2. The van der Waals surface area contributed by atoms with Crippen molar-refractivity contribution in [2.24, 2.45) is 0 Å². The van der Waals surface area contributed by atoms with E-state index in [0.29, 0.717) is 16.6 Å². The van der Waals surface area contributed by atoms with E-state index in [1.807, 2.05) is 67.6 Å². The molecule has 0 aliphatic rings. The maximum Gasteiger partial charge on any atom is 0.269 e. The number of aryl methyl sites for hydroxylation is 2. The lowest BCUT2D eigenvalue weighted by molar-refractivity contribution is 0.575. The smallest absolute Gasteiger partial charge is 0.269 e. The van der Waals surface area contributed by atoms with Crippen LogP contribution in [0.15, 0.2) is 108 Å². The third-order valence-electron chi connectivity index (χ3n) is 7.75. The minimum absolute atomic E-state index is 0.0599. The third kappa shape index (κ3) is 5.31. The summed E-state index contributed by atoms with van der Waals surface area (Å²) in [6, 6.07) is 26.7. The quantitative estimate of drug-likeness (QED) is 0.173. The lowest BCUT2D eigenvalue weighted by atomic mass is 9.94. The molecule has 3 N–H and O–H groups in total. The number of hydrogen-bond donors (Lipinski definition) is 2. The zero-order valence-corrected chi connectivity index (χ0v) is 25.0. The van der Waals surface area contributed by atoms with Gasteiger partial charge in [0.15, 0.2) is 17.3 Å². The van der Waals surface area contributed by atoms with Crippen LogP contribution in [0.4, 0.5) is 25.8 Å². The number of nitrogen functional groups attached to an aromatic ring is 1. The monoisotopic (exact) mass is 608 g/mol. The predicted molar refractivity (Wildman–Crippen MR) is 171 cm³/mol. The highest BCUT2D eigenvalue weighted by molar-refractivity contribution is 7.90. The molecule has 0 bridgehead atoms. The number of anilines is 3. The molecule has 222 valence electrons. The molecule has 0 aliphatic heterocycles. The van der Waals surface area contributed by atoms with Gasteiger partial charge in [0.2, 0.25) is 0 Å². The normalized spacial score (nSPS) is 11.6. The first-order chi connectivity index (χ1) is 21.1. The van der Waals surface area contributed by atoms with Gasteiger partial charge in [-0.05, 0) is 48.7 Å². The summed E-state index contributed by atoms with van der Waals surface area (Å²) < 4.78 is 61.0. The fourth-order valence-corrected chi connectivity index (χ4v) is 6.80. The number of hydrogen-bond acceptors (Lipinski definition) is 5. The standard InChI is InChI=1S/C35H30F2N4O2S/c1-22-13-15-26(16-14-22)44(42,43)41-21-23(2)30-29(17-18-39-35(30)41)40-34-31(36)27(19-24-9-5-3-6-10-24)33(38)28(32(34)37)20-25-11-7-4-8-12-25/h3-18,21H,19-20,38H2,1-2H3,(H,39,40). The van der Waals surface area contributed by atoms with Gasteiger partial charge in [-0.25, -0.2) is 26.2 Å². The number of pyridine rings is 1. The van der Waals surface area contributed by atoms with E-state index in [2.05, 4.69) is 10.3 Å². The Morgan fingerprint density at radius 1 is 0.795 bits per heavy atom. The summed E-state index contributed by atoms with van der Waals surface area (Å²) in [4.78, 5) is 4.46. The number of rotatable bonds is 8. The number of halogens is 2. The Morgan fingerprint density at radius 3 is 1.89 bits per heavy atom. The second kappa shape index (κ2) is 11.6. The Morgan fingerprint density at radius 2 is 1.34 bits per heavy atom. The van der Waals surface area contributed by atoms with Gasteiger partial charge in [-0.3, -0.25) is 0 Å². The van der Waals surface area contributed by atoms with E-state index < -0.39 is 21.7 Å². The third-order valence-corrected chi connectivity index (χ3v) is 9.41. The van der Waals surface area contributed by atoms with Crippen molar-refractivity contribution in [1.29, 1.82) is 0 Å². The Balaban J connectivity index is 1.49. The van der Waals surface area contributed by atoms with Crippen molar-refractivity contribution in [2.45, 2.75) is 31.6 Å². The summed E-state index contributed by atoms with van der Waals surface area (Å²) in [7, 11) is -3.99. The van der Waals surface area contributed by atoms with E-state index in [4.69, 9.17) is 5.73 Å². The number of fused-ring (bicyclic) bond motifs is 1. The molecule has 0 saturated carbocycles. The van der Waals surface area contributed by atoms with Crippen LogP contribution in [0.5, 0.6) is 0 Å². The predicted octanol–water partition coefficient (Wildman–Crippen LogP) is 7.68. The number of nitrogens with one attached hydrogen (secondary N) is 1. The number of nitrogens with two attached hydrogens (primary N) is 1. The largest absolute Gasteiger partial charge is 0.398 e. The molecule has 0 aliphatic carbocycles. The summed E-state index contributed by atoms with van der Waals surface area (Å²) >= 11 is 0. The van der Waals surface area contributed by atoms with Gasteiger partial charge in [0, 0.05) is 47.4 Å². The Labute approximate surface area is 254 Å². The number of aromatic nitrogens is 2. The first-order valence-corrected chi connectivity index (χ1v) is 15.5. The molecule has 44 heavy (non-hydrogen) atoms. The van der Waals surface area contributed by atoms with Gasteiger partial charge in [-0.15, -0.1) is 0 Å². The van der Waals surface area contributed by atoms with Gasteiger partial charge in [0.05, 0.1) is 10.6 Å². The molecule has 4 aromatic carbocycles. The molecular formula is C35H30F2N4O2S. The van der Waals surface area contributed by atoms with Gasteiger partial charge in [0.25, 0.3) is 10.0 Å². The van der Waals surface area contributed by atoms with Crippen molar-refractivity contribution < 1.29 is 17.2 Å². The van der Waals surface area contributed by atoms with Crippen molar-refractivity contribution in [2.75, 3.05) is 11.1 Å². The van der Waals surface area contributed by atoms with Crippen LogP contribution in [0.3, 0.4) is 0 Å². The molecule has 0 radical (unpaired) electrons. The van der Waals surface area contributed by atoms with E-state index in [1.165, 1.54) is 24.5 Å². The highest BCUT2D eigenvalue weighted by Gasteiger charge is 2.26. The van der Waals surface area contributed by atoms with E-state index in [0.717, 1.165) is 20.7 Å². The van der Waals surface area contributed by atoms with Crippen molar-refractivity contribution in [3.05, 3.63) is 148 Å².